The molecule has 0 bridgehead atoms. The first-order valence-electron chi connectivity index (χ1n) is 9.56. The van der Waals surface area contributed by atoms with Crippen LogP contribution in [0.4, 0.5) is 13.2 Å². The maximum absolute atomic E-state index is 13.7. The van der Waals surface area contributed by atoms with Crippen LogP contribution in [0.5, 0.6) is 5.88 Å². The van der Waals surface area contributed by atoms with Gasteiger partial charge in [0.25, 0.3) is 0 Å². The van der Waals surface area contributed by atoms with E-state index in [1.807, 2.05) is 29.8 Å². The van der Waals surface area contributed by atoms with Crippen molar-refractivity contribution in [3.05, 3.63) is 54.5 Å². The predicted molar refractivity (Wildman–Crippen MR) is 106 cm³/mol. The molecule has 0 atom stereocenters. The van der Waals surface area contributed by atoms with E-state index in [9.17, 15) is 18.3 Å². The number of aromatic nitrogens is 3. The summed E-state index contributed by atoms with van der Waals surface area (Å²) in [4.78, 5) is 8.14. The van der Waals surface area contributed by atoms with E-state index in [1.54, 1.807) is 18.5 Å². The lowest BCUT2D eigenvalue weighted by molar-refractivity contribution is -0.140. The molecule has 0 saturated heterocycles. The summed E-state index contributed by atoms with van der Waals surface area (Å²) < 4.78 is 48.4. The van der Waals surface area contributed by atoms with Crippen LogP contribution in [0.3, 0.4) is 0 Å². The molecular weight excluding hydrogens is 395 g/mol. The van der Waals surface area contributed by atoms with Gasteiger partial charge in [-0.15, -0.1) is 0 Å². The zero-order valence-corrected chi connectivity index (χ0v) is 16.0. The normalized spacial score (nSPS) is 19.2. The van der Waals surface area contributed by atoms with E-state index < -0.39 is 29.8 Å². The molecule has 5 rings (SSSR count). The molecule has 0 amide bonds. The molecule has 3 heterocycles. The van der Waals surface area contributed by atoms with E-state index >= 15 is 0 Å². The monoisotopic (exact) mass is 413 g/mol. The highest BCUT2D eigenvalue weighted by atomic mass is 19.4. The van der Waals surface area contributed by atoms with Crippen molar-refractivity contribution < 1.29 is 23.0 Å². The highest BCUT2D eigenvalue weighted by Gasteiger charge is 2.38. The molecule has 154 valence electrons. The summed E-state index contributed by atoms with van der Waals surface area (Å²) >= 11 is 0. The summed E-state index contributed by atoms with van der Waals surface area (Å²) in [5.74, 6) is -0.445. The van der Waals surface area contributed by atoms with Crippen molar-refractivity contribution >= 4 is 21.8 Å². The van der Waals surface area contributed by atoms with Crippen LogP contribution >= 0.6 is 0 Å². The number of halogens is 3. The van der Waals surface area contributed by atoms with Crippen LogP contribution in [0, 0.1) is 0 Å². The quantitative estimate of drug-likeness (QED) is 0.529. The van der Waals surface area contributed by atoms with Crippen LogP contribution in [-0.2, 0) is 13.2 Å². The Morgan fingerprint density at radius 1 is 1.03 bits per heavy atom. The molecular formula is C22H18F3N3O2. The highest BCUT2D eigenvalue weighted by Crippen LogP contribution is 2.40. The maximum Gasteiger partial charge on any atom is 0.421 e. The Bertz CT molecular complexity index is 1260. The van der Waals surface area contributed by atoms with Crippen LogP contribution in [-0.4, -0.2) is 31.8 Å². The molecule has 1 fully saturated rings. The van der Waals surface area contributed by atoms with Gasteiger partial charge in [-0.05, 0) is 23.8 Å². The summed E-state index contributed by atoms with van der Waals surface area (Å²) in [6.45, 7) is 0. The third-order valence-electron chi connectivity index (χ3n) is 5.65. The van der Waals surface area contributed by atoms with E-state index in [4.69, 9.17) is 4.74 Å². The second-order valence-corrected chi connectivity index (χ2v) is 7.62. The topological polar surface area (TPSA) is 60.2 Å². The molecule has 1 aliphatic carbocycles. The number of aliphatic hydroxyl groups is 1. The van der Waals surface area contributed by atoms with E-state index in [1.165, 1.54) is 6.20 Å². The molecule has 1 aliphatic rings. The van der Waals surface area contributed by atoms with E-state index in [-0.39, 0.29) is 0 Å². The smallest absolute Gasteiger partial charge is 0.421 e. The molecule has 8 heteroatoms. The number of aliphatic hydroxyl groups excluding tert-OH is 1. The van der Waals surface area contributed by atoms with Crippen molar-refractivity contribution in [2.45, 2.75) is 31.2 Å². The fourth-order valence-corrected chi connectivity index (χ4v) is 3.93. The predicted octanol–water partition coefficient (Wildman–Crippen LogP) is 4.71. The largest absolute Gasteiger partial charge is 0.474 e. The van der Waals surface area contributed by atoms with Crippen molar-refractivity contribution in [2.75, 3.05) is 0 Å². The molecule has 0 aliphatic heterocycles. The lowest BCUT2D eigenvalue weighted by atomic mass is 9.92. The zero-order chi connectivity index (χ0) is 21.0. The second kappa shape index (κ2) is 6.70. The standard InChI is InChI=1S/C22H18F3N3O2/c1-28-19-4-5-26-11-17(19)16-3-2-12(7-20(16)28)13-6-18(22(23,24)25)21(27-10-13)30-15-8-14(29)9-15/h2-7,10-11,14-15,29H,8-9H2,1H3. The van der Waals surface area contributed by atoms with Gasteiger partial charge in [-0.3, -0.25) is 4.98 Å². The third-order valence-corrected chi connectivity index (χ3v) is 5.65. The van der Waals surface area contributed by atoms with Gasteiger partial charge in [-0.25, -0.2) is 4.98 Å². The molecule has 0 spiro atoms. The summed E-state index contributed by atoms with van der Waals surface area (Å²) in [6, 6.07) is 8.51. The number of alkyl halides is 3. The van der Waals surface area contributed by atoms with Crippen LogP contribution in [0.1, 0.15) is 18.4 Å². The van der Waals surface area contributed by atoms with Crippen LogP contribution in [0.25, 0.3) is 32.9 Å². The fraction of sp³-hybridized carbons (Fsp3) is 0.273. The second-order valence-electron chi connectivity index (χ2n) is 7.62. The number of pyridine rings is 2. The first kappa shape index (κ1) is 18.9. The van der Waals surface area contributed by atoms with Crippen molar-refractivity contribution in [1.29, 1.82) is 0 Å². The van der Waals surface area contributed by atoms with Crippen LogP contribution < -0.4 is 4.74 Å². The number of rotatable bonds is 3. The molecule has 0 unspecified atom stereocenters. The van der Waals surface area contributed by atoms with Gasteiger partial charge in [0, 0.05) is 60.3 Å². The van der Waals surface area contributed by atoms with Crippen molar-refractivity contribution in [3.8, 4) is 17.0 Å². The minimum Gasteiger partial charge on any atom is -0.474 e. The Morgan fingerprint density at radius 2 is 1.83 bits per heavy atom. The van der Waals surface area contributed by atoms with Crippen LogP contribution in [0.2, 0.25) is 0 Å². The number of ether oxygens (including phenoxy) is 1. The van der Waals surface area contributed by atoms with Crippen molar-refractivity contribution in [2.24, 2.45) is 7.05 Å². The maximum atomic E-state index is 13.7. The average molecular weight is 413 g/mol. The number of benzene rings is 1. The molecule has 4 aromatic rings. The molecule has 1 saturated carbocycles. The van der Waals surface area contributed by atoms with E-state index in [2.05, 4.69) is 9.97 Å². The Labute approximate surface area is 169 Å². The molecule has 3 aromatic heterocycles. The van der Waals surface area contributed by atoms with Crippen LogP contribution in [0.15, 0.2) is 48.9 Å². The third kappa shape index (κ3) is 3.08. The van der Waals surface area contributed by atoms with Gasteiger partial charge in [0.15, 0.2) is 0 Å². The Kier molecular flexibility index (Phi) is 4.21. The number of hydrogen-bond donors (Lipinski definition) is 1. The van der Waals surface area contributed by atoms with Gasteiger partial charge < -0.3 is 14.4 Å². The molecule has 30 heavy (non-hydrogen) atoms. The fourth-order valence-electron chi connectivity index (χ4n) is 3.93. The summed E-state index contributed by atoms with van der Waals surface area (Å²) in [5.41, 5.74) is 1.96. The van der Waals surface area contributed by atoms with Gasteiger partial charge in [-0.2, -0.15) is 13.2 Å². The SMILES string of the molecule is Cn1c2ccncc2c2ccc(-c3cnc(OC4CC(O)C4)c(C(F)(F)F)c3)cc21. The number of fused-ring (bicyclic) bond motifs is 3. The van der Waals surface area contributed by atoms with Crippen molar-refractivity contribution in [1.82, 2.24) is 14.5 Å². The van der Waals surface area contributed by atoms with Gasteiger partial charge in [0.1, 0.15) is 11.7 Å². The summed E-state index contributed by atoms with van der Waals surface area (Å²) in [5, 5.41) is 11.3. The molecule has 5 nitrogen and oxygen atoms in total. The Balaban J connectivity index is 1.58. The first-order valence-corrected chi connectivity index (χ1v) is 9.56. The number of nitrogens with zero attached hydrogens (tertiary/aromatic N) is 3. The van der Waals surface area contributed by atoms with Gasteiger partial charge in [0.05, 0.1) is 11.6 Å². The summed E-state index contributed by atoms with van der Waals surface area (Å²) in [6.07, 6.45) is -0.0560. The van der Waals surface area contributed by atoms with Crippen molar-refractivity contribution in [3.63, 3.8) is 0 Å². The summed E-state index contributed by atoms with van der Waals surface area (Å²) in [7, 11) is 1.91. The minimum atomic E-state index is -4.60. The molecule has 0 radical (unpaired) electrons. The lowest BCUT2D eigenvalue weighted by Crippen LogP contribution is -2.38. The van der Waals surface area contributed by atoms with Gasteiger partial charge in [0.2, 0.25) is 5.88 Å². The number of hydrogen-bond acceptors (Lipinski definition) is 4. The zero-order valence-electron chi connectivity index (χ0n) is 16.0. The Morgan fingerprint density at radius 3 is 2.57 bits per heavy atom. The minimum absolute atomic E-state index is 0.313. The first-order chi connectivity index (χ1) is 14.3. The Hall–Kier alpha value is -3.13. The number of aryl methyl sites for hydroxylation is 1. The highest BCUT2D eigenvalue weighted by molar-refractivity contribution is 6.08. The van der Waals surface area contributed by atoms with Gasteiger partial charge in [-0.1, -0.05) is 12.1 Å². The van der Waals surface area contributed by atoms with E-state index in [0.29, 0.717) is 24.0 Å². The van der Waals surface area contributed by atoms with E-state index in [0.717, 1.165) is 27.9 Å². The molecule has 1 N–H and O–H groups in total. The average Bonchev–Trinajstić information content (AvgIpc) is 2.98. The van der Waals surface area contributed by atoms with Gasteiger partial charge >= 0.3 is 6.18 Å². The lowest BCUT2D eigenvalue weighted by Gasteiger charge is -2.31. The molecule has 1 aromatic carbocycles.